The number of nitriles is 1. The van der Waals surface area contributed by atoms with Gasteiger partial charge in [0.15, 0.2) is 0 Å². The SMILES string of the molecule is Cc1ccc2cc(C3C(C#N)=C(N)Oc4ccc5ccccc5c43)c(Cl)nc2c1. The summed E-state index contributed by atoms with van der Waals surface area (Å²) >= 11 is 6.65. The van der Waals surface area contributed by atoms with E-state index in [9.17, 15) is 5.26 Å². The third kappa shape index (κ3) is 2.71. The number of nitrogens with zero attached hydrogens (tertiary/aromatic N) is 2. The molecule has 0 spiro atoms. The highest BCUT2D eigenvalue weighted by Crippen LogP contribution is 2.47. The average Bonchev–Trinajstić information content (AvgIpc) is 2.72. The van der Waals surface area contributed by atoms with Crippen LogP contribution in [-0.2, 0) is 0 Å². The molecule has 3 aromatic carbocycles. The Morgan fingerprint density at radius 2 is 1.86 bits per heavy atom. The van der Waals surface area contributed by atoms with Gasteiger partial charge in [0.25, 0.3) is 0 Å². The molecular formula is C24H16ClN3O. The Kier molecular flexibility index (Phi) is 3.94. The van der Waals surface area contributed by atoms with Crippen molar-refractivity contribution in [3.05, 3.63) is 94.0 Å². The van der Waals surface area contributed by atoms with E-state index >= 15 is 0 Å². The van der Waals surface area contributed by atoms with Crippen molar-refractivity contribution >= 4 is 33.3 Å². The van der Waals surface area contributed by atoms with Crippen molar-refractivity contribution in [3.63, 3.8) is 0 Å². The second kappa shape index (κ2) is 6.51. The number of pyridine rings is 1. The maximum absolute atomic E-state index is 9.90. The highest BCUT2D eigenvalue weighted by Gasteiger charge is 2.34. The van der Waals surface area contributed by atoms with E-state index in [0.717, 1.165) is 38.4 Å². The van der Waals surface area contributed by atoms with Crippen molar-refractivity contribution in [2.75, 3.05) is 0 Å². The first kappa shape index (κ1) is 17.5. The number of fused-ring (bicyclic) bond motifs is 4. The van der Waals surface area contributed by atoms with Gasteiger partial charge in [-0.25, -0.2) is 4.98 Å². The van der Waals surface area contributed by atoms with Crippen LogP contribution in [0.1, 0.15) is 22.6 Å². The standard InChI is InChI=1S/C24H16ClN3O/c1-13-6-7-15-11-17(23(25)28-19(15)10-13)21-18(12-26)24(27)29-20-9-8-14-4-2-3-5-16(14)22(20)21/h2-11,21H,27H2,1H3. The van der Waals surface area contributed by atoms with Crippen molar-refractivity contribution in [1.82, 2.24) is 4.98 Å². The number of aromatic nitrogens is 1. The van der Waals surface area contributed by atoms with Crippen LogP contribution >= 0.6 is 11.6 Å². The maximum atomic E-state index is 9.90. The second-order valence-corrected chi connectivity index (χ2v) is 7.55. The van der Waals surface area contributed by atoms with E-state index in [1.165, 1.54) is 0 Å². The third-order valence-electron chi connectivity index (χ3n) is 5.38. The summed E-state index contributed by atoms with van der Waals surface area (Å²) in [6, 6.07) is 22.1. The predicted octanol–water partition coefficient (Wildman–Crippen LogP) is 5.57. The van der Waals surface area contributed by atoms with Crippen LogP contribution in [0.25, 0.3) is 21.7 Å². The first-order valence-corrected chi connectivity index (χ1v) is 9.60. The molecule has 4 nitrogen and oxygen atoms in total. The lowest BCUT2D eigenvalue weighted by atomic mass is 9.81. The van der Waals surface area contributed by atoms with Gasteiger partial charge in [0.2, 0.25) is 5.88 Å². The number of hydrogen-bond donors (Lipinski definition) is 1. The minimum atomic E-state index is -0.458. The zero-order chi connectivity index (χ0) is 20.1. The first-order chi connectivity index (χ1) is 14.1. The summed E-state index contributed by atoms with van der Waals surface area (Å²) in [5.74, 6) is 0.270. The monoisotopic (exact) mass is 397 g/mol. The highest BCUT2D eigenvalue weighted by atomic mass is 35.5. The largest absolute Gasteiger partial charge is 0.440 e. The predicted molar refractivity (Wildman–Crippen MR) is 115 cm³/mol. The van der Waals surface area contributed by atoms with Crippen LogP contribution in [0.15, 0.2) is 72.1 Å². The van der Waals surface area contributed by atoms with Gasteiger partial charge in [-0.05, 0) is 41.5 Å². The molecule has 0 amide bonds. The molecule has 1 atom stereocenters. The molecule has 1 aliphatic heterocycles. The third-order valence-corrected chi connectivity index (χ3v) is 5.68. The van der Waals surface area contributed by atoms with Gasteiger partial charge in [0, 0.05) is 16.5 Å². The zero-order valence-corrected chi connectivity index (χ0v) is 16.4. The van der Waals surface area contributed by atoms with Crippen LogP contribution in [0.3, 0.4) is 0 Å². The summed E-state index contributed by atoms with van der Waals surface area (Å²) in [5.41, 5.74) is 10.0. The Balaban J connectivity index is 1.86. The lowest BCUT2D eigenvalue weighted by molar-refractivity contribution is 0.395. The molecule has 0 fully saturated rings. The van der Waals surface area contributed by atoms with Crippen LogP contribution in [0.4, 0.5) is 0 Å². The topological polar surface area (TPSA) is 71.9 Å². The van der Waals surface area contributed by atoms with Crippen molar-refractivity contribution in [2.45, 2.75) is 12.8 Å². The lowest BCUT2D eigenvalue weighted by Gasteiger charge is -2.28. The maximum Gasteiger partial charge on any atom is 0.205 e. The normalized spacial score (nSPS) is 15.8. The Morgan fingerprint density at radius 1 is 1.07 bits per heavy atom. The summed E-state index contributed by atoms with van der Waals surface area (Å²) in [4.78, 5) is 4.61. The molecule has 2 N–H and O–H groups in total. The molecule has 0 saturated heterocycles. The van der Waals surface area contributed by atoms with Crippen LogP contribution < -0.4 is 10.5 Å². The summed E-state index contributed by atoms with van der Waals surface area (Å²) in [6.07, 6.45) is 0. The van der Waals surface area contributed by atoms with Gasteiger partial charge in [-0.2, -0.15) is 5.26 Å². The molecular weight excluding hydrogens is 382 g/mol. The van der Waals surface area contributed by atoms with Gasteiger partial charge >= 0.3 is 0 Å². The molecule has 1 aromatic heterocycles. The van der Waals surface area contributed by atoms with Gasteiger partial charge in [0.05, 0.1) is 11.4 Å². The molecule has 1 aliphatic rings. The van der Waals surface area contributed by atoms with Crippen molar-refractivity contribution in [3.8, 4) is 11.8 Å². The Hall–Kier alpha value is -3.55. The van der Waals surface area contributed by atoms with Gasteiger partial charge in [-0.1, -0.05) is 54.1 Å². The van der Waals surface area contributed by atoms with Crippen LogP contribution in [0.2, 0.25) is 5.15 Å². The number of nitrogens with two attached hydrogens (primary N) is 1. The molecule has 5 rings (SSSR count). The molecule has 29 heavy (non-hydrogen) atoms. The minimum Gasteiger partial charge on any atom is -0.440 e. The molecule has 1 unspecified atom stereocenters. The number of hydrogen-bond acceptors (Lipinski definition) is 4. The molecule has 0 aliphatic carbocycles. The van der Waals surface area contributed by atoms with E-state index in [-0.39, 0.29) is 5.88 Å². The van der Waals surface area contributed by atoms with Crippen molar-refractivity contribution in [2.24, 2.45) is 5.73 Å². The molecule has 4 aromatic rings. The Labute approximate surface area is 172 Å². The lowest BCUT2D eigenvalue weighted by Crippen LogP contribution is -2.21. The van der Waals surface area contributed by atoms with Crippen molar-refractivity contribution in [1.29, 1.82) is 5.26 Å². The van der Waals surface area contributed by atoms with Crippen LogP contribution in [0.5, 0.6) is 5.75 Å². The molecule has 0 saturated carbocycles. The number of benzene rings is 3. The summed E-state index contributed by atoms with van der Waals surface area (Å²) in [6.45, 7) is 2.01. The van der Waals surface area contributed by atoms with E-state index in [1.54, 1.807) is 0 Å². The smallest absolute Gasteiger partial charge is 0.205 e. The van der Waals surface area contributed by atoms with Crippen molar-refractivity contribution < 1.29 is 4.74 Å². The number of halogens is 1. The van der Waals surface area contributed by atoms with Gasteiger partial charge in [-0.15, -0.1) is 0 Å². The Bertz CT molecular complexity index is 1380. The molecule has 5 heteroatoms. The Morgan fingerprint density at radius 3 is 2.69 bits per heavy atom. The quantitative estimate of drug-likeness (QED) is 0.426. The molecule has 140 valence electrons. The van der Waals surface area contributed by atoms with E-state index in [4.69, 9.17) is 22.1 Å². The highest BCUT2D eigenvalue weighted by molar-refractivity contribution is 6.30. The van der Waals surface area contributed by atoms with Crippen LogP contribution in [0, 0.1) is 18.3 Å². The fourth-order valence-electron chi connectivity index (χ4n) is 4.03. The summed E-state index contributed by atoms with van der Waals surface area (Å²) in [5, 5.41) is 13.3. The van der Waals surface area contributed by atoms with Crippen LogP contribution in [-0.4, -0.2) is 4.98 Å². The first-order valence-electron chi connectivity index (χ1n) is 9.23. The fourth-order valence-corrected chi connectivity index (χ4v) is 4.28. The van der Waals surface area contributed by atoms with Gasteiger partial charge in [-0.3, -0.25) is 0 Å². The molecule has 0 radical (unpaired) electrons. The summed E-state index contributed by atoms with van der Waals surface area (Å²) in [7, 11) is 0. The average molecular weight is 398 g/mol. The summed E-state index contributed by atoms with van der Waals surface area (Å²) < 4.78 is 5.81. The number of aryl methyl sites for hydroxylation is 1. The van der Waals surface area contributed by atoms with Gasteiger partial charge < -0.3 is 10.5 Å². The molecule has 0 bridgehead atoms. The van der Waals surface area contributed by atoms with E-state index < -0.39 is 5.92 Å². The number of rotatable bonds is 1. The minimum absolute atomic E-state index is 0.0975. The number of allylic oxidation sites excluding steroid dienone is 1. The van der Waals surface area contributed by atoms with E-state index in [1.807, 2.05) is 67.6 Å². The van der Waals surface area contributed by atoms with Gasteiger partial charge in [0.1, 0.15) is 22.5 Å². The molecule has 2 heterocycles. The number of ether oxygens (including phenoxy) is 1. The zero-order valence-electron chi connectivity index (χ0n) is 15.6. The fraction of sp³-hybridized carbons (Fsp3) is 0.0833. The van der Waals surface area contributed by atoms with E-state index in [2.05, 4.69) is 11.1 Å². The second-order valence-electron chi connectivity index (χ2n) is 7.19. The van der Waals surface area contributed by atoms with E-state index in [0.29, 0.717) is 16.5 Å².